The third-order valence-electron chi connectivity index (χ3n) is 2.67. The van der Waals surface area contributed by atoms with Gasteiger partial charge in [0.25, 0.3) is 0 Å². The fraction of sp³-hybridized carbons (Fsp3) is 0.308. The van der Waals surface area contributed by atoms with Gasteiger partial charge < -0.3 is 0 Å². The number of halogens is 1. The zero-order valence-electron chi connectivity index (χ0n) is 8.94. The topological polar surface area (TPSA) is 23.8 Å². The number of nitrogens with zero attached hydrogens (tertiary/aromatic N) is 1. The van der Waals surface area contributed by atoms with E-state index in [1.54, 1.807) is 6.08 Å². The lowest BCUT2D eigenvalue weighted by atomic mass is 9.73. The molecule has 0 N–H and O–H groups in total. The quantitative estimate of drug-likeness (QED) is 0.758. The molecule has 78 valence electrons. The van der Waals surface area contributed by atoms with Crippen molar-refractivity contribution in [3.63, 3.8) is 0 Å². The van der Waals surface area contributed by atoms with Gasteiger partial charge in [0.1, 0.15) is 5.41 Å². The van der Waals surface area contributed by atoms with Gasteiger partial charge in [-0.2, -0.15) is 5.26 Å². The van der Waals surface area contributed by atoms with E-state index in [0.29, 0.717) is 0 Å². The molecule has 0 radical (unpaired) electrons. The average Bonchev–Trinajstić information content (AvgIpc) is 2.26. The fourth-order valence-electron chi connectivity index (χ4n) is 1.67. The lowest BCUT2D eigenvalue weighted by Crippen LogP contribution is -2.27. The average molecular weight is 220 g/mol. The molecule has 0 aliphatic carbocycles. The number of nitriles is 1. The number of benzene rings is 1. The maximum absolute atomic E-state index is 9.37. The highest BCUT2D eigenvalue weighted by atomic mass is 35.5. The van der Waals surface area contributed by atoms with Crippen LogP contribution in [0, 0.1) is 17.2 Å². The molecule has 0 amide bonds. The van der Waals surface area contributed by atoms with Crippen LogP contribution < -0.4 is 0 Å². The molecule has 1 nitrogen and oxygen atoms in total. The first-order valence-corrected chi connectivity index (χ1v) is 5.35. The van der Waals surface area contributed by atoms with Crippen molar-refractivity contribution < 1.29 is 0 Å². The Labute approximate surface area is 96.0 Å². The molecule has 2 heteroatoms. The fourth-order valence-corrected chi connectivity index (χ4v) is 1.86. The normalized spacial score (nSPS) is 15.1. The van der Waals surface area contributed by atoms with Gasteiger partial charge in [0.05, 0.1) is 6.07 Å². The molecule has 0 fully saturated rings. The van der Waals surface area contributed by atoms with Gasteiger partial charge in [-0.25, -0.2) is 0 Å². The van der Waals surface area contributed by atoms with E-state index in [9.17, 15) is 5.26 Å². The lowest BCUT2D eigenvalue weighted by Gasteiger charge is -2.27. The molecule has 0 aliphatic rings. The van der Waals surface area contributed by atoms with E-state index >= 15 is 0 Å². The predicted octanol–water partition coefficient (Wildman–Crippen LogP) is 3.86. The van der Waals surface area contributed by atoms with Crippen molar-refractivity contribution in [2.75, 3.05) is 0 Å². The van der Waals surface area contributed by atoms with Crippen molar-refractivity contribution in [1.29, 1.82) is 5.26 Å². The van der Waals surface area contributed by atoms with E-state index in [2.05, 4.69) is 6.07 Å². The van der Waals surface area contributed by atoms with Gasteiger partial charge in [0.2, 0.25) is 0 Å². The summed E-state index contributed by atoms with van der Waals surface area (Å²) in [5.74, 6) is 0.180. The molecule has 0 saturated carbocycles. The third-order valence-corrected chi connectivity index (χ3v) is 2.80. The highest BCUT2D eigenvalue weighted by Gasteiger charge is 2.32. The summed E-state index contributed by atoms with van der Waals surface area (Å²) in [6.45, 7) is 4.04. The van der Waals surface area contributed by atoms with E-state index in [0.717, 1.165) is 5.56 Å². The van der Waals surface area contributed by atoms with Crippen molar-refractivity contribution >= 4 is 11.6 Å². The molecule has 1 rings (SSSR count). The minimum atomic E-state index is -0.622. The standard InChI is InChI=1S/C13H14ClN/c1-11(2)13(10-15,8-9-14)12-6-4-3-5-7-12/h3-9,11H,1-2H3/b9-8+. The maximum Gasteiger partial charge on any atom is 0.104 e. The van der Waals surface area contributed by atoms with Gasteiger partial charge in [0.15, 0.2) is 0 Å². The SMILES string of the molecule is CC(C)C(C#N)(/C=C/Cl)c1ccccc1. The summed E-state index contributed by atoms with van der Waals surface area (Å²) in [5, 5.41) is 9.37. The Morgan fingerprint density at radius 2 is 1.93 bits per heavy atom. The molecule has 0 aromatic heterocycles. The van der Waals surface area contributed by atoms with Crippen molar-refractivity contribution in [3.05, 3.63) is 47.5 Å². The molecule has 0 bridgehead atoms. The first-order chi connectivity index (χ1) is 7.17. The second-order valence-corrected chi connectivity index (χ2v) is 4.05. The van der Waals surface area contributed by atoms with E-state index in [-0.39, 0.29) is 5.92 Å². The van der Waals surface area contributed by atoms with Crippen LogP contribution in [0.25, 0.3) is 0 Å². The summed E-state index contributed by atoms with van der Waals surface area (Å²) < 4.78 is 0. The molecular weight excluding hydrogens is 206 g/mol. The van der Waals surface area contributed by atoms with Crippen molar-refractivity contribution in [2.24, 2.45) is 5.92 Å². The van der Waals surface area contributed by atoms with Gasteiger partial charge in [-0.1, -0.05) is 55.8 Å². The molecule has 0 heterocycles. The van der Waals surface area contributed by atoms with Crippen LogP contribution in [0.5, 0.6) is 0 Å². The minimum Gasteiger partial charge on any atom is -0.197 e. The monoisotopic (exact) mass is 219 g/mol. The van der Waals surface area contributed by atoms with Gasteiger partial charge >= 0.3 is 0 Å². The molecule has 15 heavy (non-hydrogen) atoms. The van der Waals surface area contributed by atoms with Gasteiger partial charge in [-0.05, 0) is 17.6 Å². The first-order valence-electron chi connectivity index (χ1n) is 4.92. The maximum atomic E-state index is 9.37. The Kier molecular flexibility index (Phi) is 3.94. The van der Waals surface area contributed by atoms with E-state index < -0.39 is 5.41 Å². The molecule has 1 aromatic rings. The van der Waals surface area contributed by atoms with Crippen LogP contribution >= 0.6 is 11.6 Å². The predicted molar refractivity (Wildman–Crippen MR) is 63.6 cm³/mol. The van der Waals surface area contributed by atoms with E-state index in [4.69, 9.17) is 11.6 Å². The van der Waals surface area contributed by atoms with Crippen LogP contribution in [0.2, 0.25) is 0 Å². The Morgan fingerprint density at radius 3 is 2.33 bits per heavy atom. The highest BCUT2D eigenvalue weighted by molar-refractivity contribution is 6.25. The highest BCUT2D eigenvalue weighted by Crippen LogP contribution is 2.33. The largest absolute Gasteiger partial charge is 0.197 e. The Hall–Kier alpha value is -1.26. The van der Waals surface area contributed by atoms with Gasteiger partial charge in [-0.3, -0.25) is 0 Å². The Balaban J connectivity index is 3.30. The molecular formula is C13H14ClN. The molecule has 1 atom stereocenters. The van der Waals surface area contributed by atoms with Crippen molar-refractivity contribution in [1.82, 2.24) is 0 Å². The summed E-state index contributed by atoms with van der Waals surface area (Å²) >= 11 is 5.63. The molecule has 1 unspecified atom stereocenters. The third kappa shape index (κ3) is 2.22. The van der Waals surface area contributed by atoms with Crippen LogP contribution in [-0.4, -0.2) is 0 Å². The van der Waals surface area contributed by atoms with Crippen LogP contribution in [0.15, 0.2) is 41.9 Å². The minimum absolute atomic E-state index is 0.180. The summed E-state index contributed by atoms with van der Waals surface area (Å²) in [5.41, 5.74) is 1.79. The number of allylic oxidation sites excluding steroid dienone is 1. The Morgan fingerprint density at radius 1 is 1.33 bits per heavy atom. The van der Waals surface area contributed by atoms with Gasteiger partial charge in [-0.15, -0.1) is 0 Å². The van der Waals surface area contributed by atoms with E-state index in [1.165, 1.54) is 5.54 Å². The van der Waals surface area contributed by atoms with Crippen LogP contribution in [0.1, 0.15) is 19.4 Å². The van der Waals surface area contributed by atoms with Gasteiger partial charge in [0, 0.05) is 5.54 Å². The second kappa shape index (κ2) is 5.00. The number of hydrogen-bond acceptors (Lipinski definition) is 1. The molecule has 0 aliphatic heterocycles. The zero-order chi connectivity index (χ0) is 11.3. The van der Waals surface area contributed by atoms with Crippen molar-refractivity contribution in [3.8, 4) is 6.07 Å². The smallest absolute Gasteiger partial charge is 0.104 e. The molecule has 1 aromatic carbocycles. The zero-order valence-corrected chi connectivity index (χ0v) is 9.70. The van der Waals surface area contributed by atoms with Crippen molar-refractivity contribution in [2.45, 2.75) is 19.3 Å². The van der Waals surface area contributed by atoms with Crippen LogP contribution in [0.4, 0.5) is 0 Å². The summed E-state index contributed by atoms with van der Waals surface area (Å²) in [6.07, 6.45) is 1.76. The lowest BCUT2D eigenvalue weighted by molar-refractivity contribution is 0.479. The van der Waals surface area contributed by atoms with Crippen LogP contribution in [-0.2, 0) is 5.41 Å². The van der Waals surface area contributed by atoms with Crippen LogP contribution in [0.3, 0.4) is 0 Å². The summed E-state index contributed by atoms with van der Waals surface area (Å²) in [7, 11) is 0. The summed E-state index contributed by atoms with van der Waals surface area (Å²) in [4.78, 5) is 0. The Bertz CT molecular complexity index is 375. The second-order valence-electron chi connectivity index (χ2n) is 3.79. The first kappa shape index (κ1) is 11.8. The molecule has 0 saturated heterocycles. The number of hydrogen-bond donors (Lipinski definition) is 0. The number of rotatable bonds is 3. The molecule has 0 spiro atoms. The summed E-state index contributed by atoms with van der Waals surface area (Å²) in [6, 6.07) is 12.1. The van der Waals surface area contributed by atoms with E-state index in [1.807, 2.05) is 44.2 Å².